The Morgan fingerprint density at radius 2 is 1.55 bits per heavy atom. The first-order valence-corrected chi connectivity index (χ1v) is 10.8. The lowest BCUT2D eigenvalue weighted by Crippen LogP contribution is -2.59. The molecule has 5 heteroatoms. The van der Waals surface area contributed by atoms with Crippen LogP contribution < -0.4 is 9.96 Å². The van der Waals surface area contributed by atoms with E-state index >= 15 is 0 Å². The molecule has 0 saturated carbocycles. The van der Waals surface area contributed by atoms with Gasteiger partial charge < -0.3 is 9.96 Å². The van der Waals surface area contributed by atoms with E-state index in [9.17, 15) is 0 Å². The zero-order valence-electron chi connectivity index (χ0n) is 7.71. The van der Waals surface area contributed by atoms with Crippen molar-refractivity contribution in [1.29, 1.82) is 0 Å². The summed E-state index contributed by atoms with van der Waals surface area (Å²) >= 11 is 6.27. The summed E-state index contributed by atoms with van der Waals surface area (Å²) in [6, 6.07) is 0. The molecule has 2 nitrogen and oxygen atoms in total. The van der Waals surface area contributed by atoms with E-state index in [1.165, 1.54) is 0 Å². The Hall–Kier alpha value is 0.644. The largest absolute Gasteiger partial charge is 0.317 e. The van der Waals surface area contributed by atoms with Crippen LogP contribution >= 0.6 is 11.1 Å². The Morgan fingerprint density at radius 3 is 1.82 bits per heavy atom. The average molecular weight is 211 g/mol. The summed E-state index contributed by atoms with van der Waals surface area (Å²) in [6.45, 7) is 6.43. The molecule has 0 aromatic carbocycles. The van der Waals surface area contributed by atoms with Crippen molar-refractivity contribution in [1.82, 2.24) is 9.96 Å². The summed E-state index contributed by atoms with van der Waals surface area (Å²) in [5.41, 5.74) is 0. The predicted octanol–water partition coefficient (Wildman–Crippen LogP) is 0.0254. The normalized spacial score (nSPS) is 12.3. The van der Waals surface area contributed by atoms with Crippen molar-refractivity contribution in [3.05, 3.63) is 0 Å². The fourth-order valence-electron chi connectivity index (χ4n) is 0.782. The molecule has 0 aromatic rings. The molecule has 0 amide bonds. The van der Waals surface area contributed by atoms with E-state index in [0.717, 1.165) is 35.7 Å². The van der Waals surface area contributed by atoms with Gasteiger partial charge in [-0.1, -0.05) is 13.8 Å². The molecule has 0 heterocycles. The molecule has 0 spiro atoms. The van der Waals surface area contributed by atoms with Crippen molar-refractivity contribution in [2.24, 2.45) is 0 Å². The van der Waals surface area contributed by atoms with Crippen molar-refractivity contribution in [3.63, 3.8) is 0 Å². The highest BCUT2D eigenvalue weighted by molar-refractivity contribution is 7.41. The van der Waals surface area contributed by atoms with Gasteiger partial charge in [0.2, 0.25) is 0 Å². The van der Waals surface area contributed by atoms with Gasteiger partial charge in [-0.2, -0.15) is 0 Å². The van der Waals surface area contributed by atoms with Crippen LogP contribution in [0.25, 0.3) is 0 Å². The summed E-state index contributed by atoms with van der Waals surface area (Å²) in [4.78, 5) is 6.80. The first-order chi connectivity index (χ1) is 5.12. The molecule has 0 aliphatic rings. The van der Waals surface area contributed by atoms with Crippen molar-refractivity contribution >= 4 is 28.1 Å². The average Bonchev–Trinajstić information content (AvgIpc) is 1.97. The summed E-state index contributed by atoms with van der Waals surface area (Å²) in [5.74, 6) is 0. The molecule has 0 atom stereocenters. The van der Waals surface area contributed by atoms with E-state index < -0.39 is 7.22 Å². The summed E-state index contributed by atoms with van der Waals surface area (Å²) in [5, 5.41) is 0. The quantitative estimate of drug-likeness (QED) is 0.478. The molecule has 68 valence electrons. The zero-order valence-corrected chi connectivity index (χ0v) is 11.5. The van der Waals surface area contributed by atoms with Crippen molar-refractivity contribution in [2.45, 2.75) is 26.7 Å². The summed E-state index contributed by atoms with van der Waals surface area (Å²) < 4.78 is 0. The first kappa shape index (κ1) is 11.6. The maximum absolute atomic E-state index is 6.27. The highest BCUT2D eigenvalue weighted by Gasteiger charge is 2.21. The predicted molar refractivity (Wildman–Crippen MR) is 58.1 cm³/mol. The van der Waals surface area contributed by atoms with E-state index in [1.807, 2.05) is 0 Å². The highest BCUT2D eigenvalue weighted by Crippen LogP contribution is 1.93. The molecule has 0 bridgehead atoms. The van der Waals surface area contributed by atoms with Gasteiger partial charge in [-0.15, -0.1) is 11.1 Å². The van der Waals surface area contributed by atoms with E-state index in [0.29, 0.717) is 0 Å². The molecule has 0 saturated heterocycles. The van der Waals surface area contributed by atoms with Crippen LogP contribution in [-0.4, -0.2) is 30.1 Å². The third-order valence-electron chi connectivity index (χ3n) is 1.41. The zero-order chi connectivity index (χ0) is 8.74. The summed E-state index contributed by atoms with van der Waals surface area (Å²) in [6.07, 6.45) is 2.33. The maximum Gasteiger partial charge on any atom is 0.272 e. The molecule has 0 fully saturated rings. The number of hydrogen-bond donors (Lipinski definition) is 2. The number of hydrogen-bond acceptors (Lipinski definition) is 2. The van der Waals surface area contributed by atoms with Gasteiger partial charge in [0.1, 0.15) is 0 Å². The molecule has 11 heavy (non-hydrogen) atoms. The second-order valence-electron chi connectivity index (χ2n) is 2.86. The smallest absolute Gasteiger partial charge is 0.272 e. The van der Waals surface area contributed by atoms with Crippen molar-refractivity contribution in [3.8, 4) is 0 Å². The lowest BCUT2D eigenvalue weighted by Gasteiger charge is -2.21. The minimum absolute atomic E-state index is 1.05. The van der Waals surface area contributed by atoms with Gasteiger partial charge >= 0.3 is 0 Å². The number of nitrogens with one attached hydrogen (secondary N) is 2. The maximum atomic E-state index is 6.27. The molecule has 0 aliphatic heterocycles. The second kappa shape index (κ2) is 6.19. The molecule has 2 N–H and O–H groups in total. The Bertz CT molecular complexity index is 90.6. The molecule has 0 radical (unpaired) electrons. The number of rotatable bonds is 6. The SMILES string of the molecule is CCCN[Si]([SiH3])(Cl)NCCC. The highest BCUT2D eigenvalue weighted by atomic mass is 35.6. The van der Waals surface area contributed by atoms with Crippen LogP contribution in [0.3, 0.4) is 0 Å². The number of halogens is 1. The minimum Gasteiger partial charge on any atom is -0.317 e. The molecular weight excluding hydrogens is 192 g/mol. The van der Waals surface area contributed by atoms with E-state index in [-0.39, 0.29) is 0 Å². The molecule has 0 unspecified atom stereocenters. The Morgan fingerprint density at radius 1 is 1.18 bits per heavy atom. The first-order valence-electron chi connectivity index (χ1n) is 4.31. The molecule has 0 rings (SSSR count). The molecular formula is C6H19ClN2Si2. The van der Waals surface area contributed by atoms with Crippen LogP contribution in [0.1, 0.15) is 26.7 Å². The van der Waals surface area contributed by atoms with Crippen molar-refractivity contribution in [2.75, 3.05) is 13.1 Å². The van der Waals surface area contributed by atoms with E-state index in [1.54, 1.807) is 0 Å². The van der Waals surface area contributed by atoms with Gasteiger partial charge in [0, 0.05) is 0 Å². The monoisotopic (exact) mass is 210 g/mol. The van der Waals surface area contributed by atoms with E-state index in [4.69, 9.17) is 11.1 Å². The minimum atomic E-state index is -1.63. The standard InChI is InChI=1S/C6H19ClN2Si2/c1-3-5-8-11(7,10)9-6-4-2/h8-9H,3-6H2,1-2,10H3. The Balaban J connectivity index is 3.43. The van der Waals surface area contributed by atoms with Crippen molar-refractivity contribution < 1.29 is 0 Å². The van der Waals surface area contributed by atoms with Gasteiger partial charge in [-0.05, 0) is 25.9 Å². The Labute approximate surface area is 78.2 Å². The van der Waals surface area contributed by atoms with Gasteiger partial charge in [0.05, 0.1) is 9.76 Å². The topological polar surface area (TPSA) is 24.1 Å². The van der Waals surface area contributed by atoms with Gasteiger partial charge in [0.25, 0.3) is 7.22 Å². The third kappa shape index (κ3) is 7.02. The van der Waals surface area contributed by atoms with Gasteiger partial charge in [0.15, 0.2) is 0 Å². The molecule has 0 aliphatic carbocycles. The van der Waals surface area contributed by atoms with Crippen LogP contribution in [-0.2, 0) is 0 Å². The Kier molecular flexibility index (Phi) is 6.55. The van der Waals surface area contributed by atoms with Crippen LogP contribution in [0.2, 0.25) is 0 Å². The van der Waals surface area contributed by atoms with E-state index in [2.05, 4.69) is 23.8 Å². The lowest BCUT2D eigenvalue weighted by molar-refractivity contribution is 0.797. The summed E-state index contributed by atoms with van der Waals surface area (Å²) in [7, 11) is -0.575. The van der Waals surface area contributed by atoms with Crippen LogP contribution in [0.4, 0.5) is 0 Å². The van der Waals surface area contributed by atoms with Crippen LogP contribution in [0, 0.1) is 0 Å². The van der Waals surface area contributed by atoms with Gasteiger partial charge in [-0.3, -0.25) is 0 Å². The molecule has 0 aromatic heterocycles. The van der Waals surface area contributed by atoms with Crippen LogP contribution in [0.5, 0.6) is 0 Å². The third-order valence-corrected chi connectivity index (χ3v) is 6.16. The van der Waals surface area contributed by atoms with Gasteiger partial charge in [-0.25, -0.2) is 0 Å². The lowest BCUT2D eigenvalue weighted by atomic mass is 10.5. The fraction of sp³-hybridized carbons (Fsp3) is 1.00. The van der Waals surface area contributed by atoms with Crippen LogP contribution in [0.15, 0.2) is 0 Å². The fourth-order valence-corrected chi connectivity index (χ4v) is 4.41. The second-order valence-corrected chi connectivity index (χ2v) is 14.2.